The number of nitrogens with zero attached hydrogens (tertiary/aromatic N) is 1. The molecule has 37 heavy (non-hydrogen) atoms. The average molecular weight is 511 g/mol. The van der Waals surface area contributed by atoms with E-state index in [1.165, 1.54) is 25.3 Å². The van der Waals surface area contributed by atoms with Gasteiger partial charge in [0.2, 0.25) is 0 Å². The summed E-state index contributed by atoms with van der Waals surface area (Å²) in [6.45, 7) is 2.66. The average Bonchev–Trinajstić information content (AvgIpc) is 3.31. The Morgan fingerprint density at radius 1 is 1.19 bits per heavy atom. The maximum Gasteiger partial charge on any atom is 0.409 e. The summed E-state index contributed by atoms with van der Waals surface area (Å²) >= 11 is 0. The first-order valence-corrected chi connectivity index (χ1v) is 12.2. The monoisotopic (exact) mass is 510 g/mol. The number of methoxy groups -OCH3 is 1. The highest BCUT2D eigenvalue weighted by Crippen LogP contribution is 2.42. The van der Waals surface area contributed by atoms with Gasteiger partial charge < -0.3 is 35.8 Å². The lowest BCUT2D eigenvalue weighted by Gasteiger charge is -2.39. The van der Waals surface area contributed by atoms with Gasteiger partial charge in [-0.2, -0.15) is 0 Å². The summed E-state index contributed by atoms with van der Waals surface area (Å²) in [4.78, 5) is 24.1. The van der Waals surface area contributed by atoms with Gasteiger partial charge in [0.05, 0.1) is 7.11 Å². The summed E-state index contributed by atoms with van der Waals surface area (Å²) < 4.78 is 4.86. The molecule has 1 aliphatic heterocycles. The molecule has 9 heteroatoms. The molecular formula is C28H34N2O7. The third-order valence-electron chi connectivity index (χ3n) is 6.88. The number of benzene rings is 2. The quantitative estimate of drug-likeness (QED) is 0.312. The van der Waals surface area contributed by atoms with Crippen LogP contribution in [0, 0.1) is 24.7 Å². The summed E-state index contributed by atoms with van der Waals surface area (Å²) in [5.74, 6) is 4.64. The lowest BCUT2D eigenvalue weighted by atomic mass is 9.73. The minimum Gasteiger partial charge on any atom is -0.504 e. The second-order valence-corrected chi connectivity index (χ2v) is 9.53. The Bertz CT molecular complexity index is 1190. The van der Waals surface area contributed by atoms with Crippen LogP contribution in [-0.4, -0.2) is 68.7 Å². The van der Waals surface area contributed by atoms with Gasteiger partial charge in [-0.15, -0.1) is 0 Å². The van der Waals surface area contributed by atoms with Crippen LogP contribution in [0.4, 0.5) is 4.79 Å². The molecule has 2 aromatic carbocycles. The zero-order chi connectivity index (χ0) is 27.2. The van der Waals surface area contributed by atoms with Crippen molar-refractivity contribution in [1.82, 2.24) is 4.90 Å². The van der Waals surface area contributed by atoms with Crippen molar-refractivity contribution in [2.45, 2.75) is 56.7 Å². The molecule has 4 atom stereocenters. The van der Waals surface area contributed by atoms with E-state index in [1.54, 1.807) is 4.90 Å². The standard InChI is InChI=1S/C19H23NO3.C9H11NO4/c1-14-5-3-6-15(13-14)8-11-19(22)10-4-7-17-16(19)9-12-20(17)18(21)23-2;10-6(9(13)14)3-5-1-2-7(11)8(12)4-5/h3,5-6,13,16-17,22H,4,7,9-10,12H2,1-2H3;1-2,4,6,11-12H,3,10H2,(H,13,14)/t16-,17-,19-;6-/m10/s1. The molecule has 2 aromatic rings. The fourth-order valence-electron chi connectivity index (χ4n) is 4.97. The Morgan fingerprint density at radius 3 is 2.59 bits per heavy atom. The number of fused-ring (bicyclic) bond motifs is 1. The van der Waals surface area contributed by atoms with Crippen molar-refractivity contribution in [3.05, 3.63) is 59.2 Å². The van der Waals surface area contributed by atoms with Gasteiger partial charge in [-0.05, 0) is 74.4 Å². The van der Waals surface area contributed by atoms with E-state index in [1.807, 2.05) is 31.2 Å². The molecule has 1 amide bonds. The van der Waals surface area contributed by atoms with Crippen molar-refractivity contribution in [1.29, 1.82) is 0 Å². The fraction of sp³-hybridized carbons (Fsp3) is 0.429. The number of aromatic hydroxyl groups is 2. The Balaban J connectivity index is 0.000000233. The van der Waals surface area contributed by atoms with Crippen molar-refractivity contribution < 1.29 is 34.8 Å². The van der Waals surface area contributed by atoms with E-state index in [0.717, 1.165) is 30.4 Å². The highest BCUT2D eigenvalue weighted by atomic mass is 16.5. The molecule has 2 aliphatic rings. The third-order valence-corrected chi connectivity index (χ3v) is 6.88. The number of hydrogen-bond donors (Lipinski definition) is 5. The summed E-state index contributed by atoms with van der Waals surface area (Å²) in [5, 5.41) is 37.7. The van der Waals surface area contributed by atoms with Gasteiger partial charge in [0.15, 0.2) is 11.5 Å². The minimum absolute atomic E-state index is 0.00709. The zero-order valence-electron chi connectivity index (χ0n) is 21.1. The van der Waals surface area contributed by atoms with E-state index < -0.39 is 17.6 Å². The molecule has 6 N–H and O–H groups in total. The molecule has 0 spiro atoms. The topological polar surface area (TPSA) is 154 Å². The van der Waals surface area contributed by atoms with Crippen LogP contribution >= 0.6 is 0 Å². The second kappa shape index (κ2) is 12.0. The minimum atomic E-state index is -1.10. The molecule has 1 aliphatic carbocycles. The lowest BCUT2D eigenvalue weighted by Crippen LogP contribution is -2.49. The van der Waals surface area contributed by atoms with E-state index >= 15 is 0 Å². The maximum atomic E-state index is 11.9. The fourth-order valence-corrected chi connectivity index (χ4v) is 4.97. The largest absolute Gasteiger partial charge is 0.504 e. The van der Waals surface area contributed by atoms with Crippen LogP contribution in [0.25, 0.3) is 0 Å². The molecule has 4 rings (SSSR count). The molecule has 1 saturated heterocycles. The predicted octanol–water partition coefficient (Wildman–Crippen LogP) is 2.77. The molecule has 198 valence electrons. The molecular weight excluding hydrogens is 476 g/mol. The Morgan fingerprint density at radius 2 is 1.95 bits per heavy atom. The highest BCUT2D eigenvalue weighted by molar-refractivity contribution is 5.73. The van der Waals surface area contributed by atoms with Crippen molar-refractivity contribution in [3.8, 4) is 23.3 Å². The molecule has 0 bridgehead atoms. The Kier molecular flexibility index (Phi) is 9.03. The van der Waals surface area contributed by atoms with Gasteiger partial charge in [-0.25, -0.2) is 4.79 Å². The number of likely N-dealkylation sites (tertiary alicyclic amines) is 1. The first kappa shape index (κ1) is 27.8. The molecule has 0 radical (unpaired) electrons. The van der Waals surface area contributed by atoms with Gasteiger partial charge in [0.1, 0.15) is 11.6 Å². The number of amides is 1. The van der Waals surface area contributed by atoms with Crippen LogP contribution in [0.15, 0.2) is 42.5 Å². The number of hydrogen-bond acceptors (Lipinski definition) is 7. The van der Waals surface area contributed by atoms with Crippen molar-refractivity contribution >= 4 is 12.1 Å². The van der Waals surface area contributed by atoms with Crippen LogP contribution in [0.5, 0.6) is 11.5 Å². The number of carbonyl (C=O) groups is 2. The summed E-state index contributed by atoms with van der Waals surface area (Å²) in [6.07, 6.45) is 3.04. The number of carboxylic acid groups (broad SMARTS) is 1. The van der Waals surface area contributed by atoms with Crippen LogP contribution < -0.4 is 5.73 Å². The number of carboxylic acids is 1. The maximum absolute atomic E-state index is 11.9. The van der Waals surface area contributed by atoms with Gasteiger partial charge >= 0.3 is 12.1 Å². The summed E-state index contributed by atoms with van der Waals surface area (Å²) in [7, 11) is 1.40. The van der Waals surface area contributed by atoms with Crippen LogP contribution in [0.2, 0.25) is 0 Å². The molecule has 2 fully saturated rings. The van der Waals surface area contributed by atoms with Gasteiger partial charge in [-0.1, -0.05) is 30.0 Å². The van der Waals surface area contributed by atoms with Crippen molar-refractivity contribution in [3.63, 3.8) is 0 Å². The predicted molar refractivity (Wildman–Crippen MR) is 137 cm³/mol. The molecule has 9 nitrogen and oxygen atoms in total. The van der Waals surface area contributed by atoms with Crippen molar-refractivity contribution in [2.24, 2.45) is 11.7 Å². The van der Waals surface area contributed by atoms with Crippen LogP contribution in [0.3, 0.4) is 0 Å². The lowest BCUT2D eigenvalue weighted by molar-refractivity contribution is -0.138. The number of phenolic OH excluding ortho intramolecular Hbond substituents is 2. The van der Waals surface area contributed by atoms with Crippen LogP contribution in [-0.2, 0) is 16.0 Å². The molecule has 0 aromatic heterocycles. The van der Waals surface area contributed by atoms with Crippen molar-refractivity contribution in [2.75, 3.05) is 13.7 Å². The van der Waals surface area contributed by atoms with E-state index in [2.05, 4.69) is 11.8 Å². The van der Waals surface area contributed by atoms with E-state index in [9.17, 15) is 14.7 Å². The van der Waals surface area contributed by atoms with E-state index in [0.29, 0.717) is 18.5 Å². The number of carbonyl (C=O) groups excluding carboxylic acids is 1. The Hall–Kier alpha value is -3.74. The van der Waals surface area contributed by atoms with Gasteiger partial charge in [0, 0.05) is 24.1 Å². The molecule has 1 saturated carbocycles. The van der Waals surface area contributed by atoms with E-state index in [4.69, 9.17) is 25.8 Å². The number of ether oxygens (including phenoxy) is 1. The van der Waals surface area contributed by atoms with E-state index in [-0.39, 0.29) is 36.0 Å². The second-order valence-electron chi connectivity index (χ2n) is 9.53. The first-order chi connectivity index (χ1) is 17.5. The summed E-state index contributed by atoms with van der Waals surface area (Å²) in [6, 6.07) is 11.1. The number of rotatable bonds is 3. The smallest absolute Gasteiger partial charge is 0.409 e. The molecule has 0 unspecified atom stereocenters. The third kappa shape index (κ3) is 6.94. The zero-order valence-corrected chi connectivity index (χ0v) is 21.1. The number of nitrogens with two attached hydrogens (primary N) is 1. The number of aliphatic carboxylic acids is 1. The number of phenols is 2. The molecule has 1 heterocycles. The van der Waals surface area contributed by atoms with Gasteiger partial charge in [-0.3, -0.25) is 4.79 Å². The SMILES string of the molecule is COC(=O)N1CC[C@@H]2[C@H]1CCC[C@@]2(O)C#Cc1cccc(C)c1.N[C@@H](Cc1ccc(O)c(O)c1)C(=O)O. The number of aliphatic hydroxyl groups is 1. The number of aryl methyl sites for hydroxylation is 1. The normalized spacial score (nSPS) is 23.0. The Labute approximate surface area is 216 Å². The summed E-state index contributed by atoms with van der Waals surface area (Å²) in [5.41, 5.74) is 6.91. The van der Waals surface area contributed by atoms with Crippen LogP contribution in [0.1, 0.15) is 42.4 Å². The first-order valence-electron chi connectivity index (χ1n) is 12.2. The highest BCUT2D eigenvalue weighted by Gasteiger charge is 2.50. The van der Waals surface area contributed by atoms with Gasteiger partial charge in [0.25, 0.3) is 0 Å².